The van der Waals surface area contributed by atoms with E-state index in [0.717, 1.165) is 32.1 Å². The average Bonchev–Trinajstić information content (AvgIpc) is 2.74. The van der Waals surface area contributed by atoms with Crippen molar-refractivity contribution in [3.05, 3.63) is 29.3 Å². The molecule has 0 heterocycles. The van der Waals surface area contributed by atoms with Gasteiger partial charge in [0.05, 0.1) is 0 Å². The number of phenolic OH excluding ortho intramolecular Hbond substituents is 1. The number of aromatic hydroxyl groups is 1. The molecule has 3 heteroatoms. The molecule has 4 rings (SSSR count). The van der Waals surface area contributed by atoms with Crippen molar-refractivity contribution in [2.45, 2.75) is 51.4 Å². The maximum atomic E-state index is 12.3. The summed E-state index contributed by atoms with van der Waals surface area (Å²) in [5.41, 5.74) is 2.75. The quantitative estimate of drug-likeness (QED) is 0.724. The first-order chi connectivity index (χ1) is 9.59. The predicted octanol–water partition coefficient (Wildman–Crippen LogP) is 0.934. The minimum atomic E-state index is -0.0322. The van der Waals surface area contributed by atoms with Crippen LogP contribution in [0.2, 0.25) is 0 Å². The van der Waals surface area contributed by atoms with E-state index in [1.54, 1.807) is 0 Å². The van der Waals surface area contributed by atoms with Crippen LogP contribution in [0, 0.1) is 17.3 Å². The van der Waals surface area contributed by atoms with E-state index in [1.807, 2.05) is 12.1 Å². The molecule has 3 aliphatic rings. The van der Waals surface area contributed by atoms with Crippen LogP contribution in [0.3, 0.4) is 0 Å². The Labute approximate surface area is 170 Å². The van der Waals surface area contributed by atoms with Crippen LogP contribution >= 0.6 is 0 Å². The van der Waals surface area contributed by atoms with Crippen molar-refractivity contribution in [3.63, 3.8) is 0 Å². The fourth-order valence-electron chi connectivity index (χ4n) is 5.34. The first kappa shape index (κ1) is 16.2. The van der Waals surface area contributed by atoms with E-state index in [-0.39, 0.29) is 58.2 Å². The number of carbonyl (C=O) groups excluding carboxylic acids is 1. The normalized spacial score (nSPS) is 37.2. The molecular formula is C18H23KO2. The topological polar surface area (TPSA) is 37.3 Å². The Morgan fingerprint density at radius 3 is 2.86 bits per heavy atom. The van der Waals surface area contributed by atoms with Crippen LogP contribution in [0.15, 0.2) is 18.2 Å². The molecule has 0 amide bonds. The van der Waals surface area contributed by atoms with Gasteiger partial charge in [0.15, 0.2) is 0 Å². The van der Waals surface area contributed by atoms with E-state index in [2.05, 4.69) is 13.0 Å². The summed E-state index contributed by atoms with van der Waals surface area (Å²) in [6, 6.07) is 5.90. The van der Waals surface area contributed by atoms with Gasteiger partial charge in [0, 0.05) is 11.8 Å². The molecule has 0 bridgehead atoms. The summed E-state index contributed by atoms with van der Waals surface area (Å²) in [5.74, 6) is 2.78. The Kier molecular flexibility index (Phi) is 4.44. The Bertz CT molecular complexity index is 588. The monoisotopic (exact) mass is 310 g/mol. The van der Waals surface area contributed by atoms with Crippen LogP contribution in [0.4, 0.5) is 0 Å². The zero-order valence-electron chi connectivity index (χ0n) is 14.1. The maximum Gasteiger partial charge on any atom is 1.00 e. The number of benzene rings is 1. The van der Waals surface area contributed by atoms with Crippen LogP contribution in [0.25, 0.3) is 0 Å². The second-order valence-corrected chi connectivity index (χ2v) is 7.22. The summed E-state index contributed by atoms with van der Waals surface area (Å²) in [6.07, 6.45) is 6.34. The molecule has 1 N–H and O–H groups in total. The molecule has 2 saturated carbocycles. The molecule has 1 unspecified atom stereocenters. The van der Waals surface area contributed by atoms with Gasteiger partial charge in [0.1, 0.15) is 11.5 Å². The Morgan fingerprint density at radius 2 is 2.05 bits per heavy atom. The number of fused-ring (bicyclic) bond motifs is 5. The van der Waals surface area contributed by atoms with Gasteiger partial charge in [-0.3, -0.25) is 4.79 Å². The van der Waals surface area contributed by atoms with Crippen molar-refractivity contribution < 1.29 is 62.7 Å². The maximum absolute atomic E-state index is 12.3. The Morgan fingerprint density at radius 1 is 1.24 bits per heavy atom. The van der Waals surface area contributed by atoms with E-state index in [4.69, 9.17) is 0 Å². The van der Waals surface area contributed by atoms with Crippen molar-refractivity contribution in [2.24, 2.45) is 17.3 Å². The number of aryl methyl sites for hydroxylation is 1. The zero-order chi connectivity index (χ0) is 13.9. The minimum absolute atomic E-state index is 0. The number of carbonyl (C=O) groups is 1. The molecule has 4 atom stereocenters. The van der Waals surface area contributed by atoms with Crippen molar-refractivity contribution in [1.29, 1.82) is 0 Å². The van der Waals surface area contributed by atoms with Crippen LogP contribution < -0.4 is 51.4 Å². The number of rotatable bonds is 0. The summed E-state index contributed by atoms with van der Waals surface area (Å²) in [6.45, 7) is 2.22. The van der Waals surface area contributed by atoms with Crippen LogP contribution in [0.1, 0.15) is 57.5 Å². The van der Waals surface area contributed by atoms with Crippen LogP contribution in [0.5, 0.6) is 5.75 Å². The summed E-state index contributed by atoms with van der Waals surface area (Å²) < 4.78 is 0. The fraction of sp³-hybridized carbons (Fsp3) is 0.611. The van der Waals surface area contributed by atoms with Gasteiger partial charge in [-0.15, -0.1) is 0 Å². The molecule has 0 radical (unpaired) electrons. The standard InChI is InChI=1S/C18H22O2.K.H/c1-18-9-8-14-13-5-3-12(19)10-11(13)2-4-15(14)16(18)6-7-17(18)20;;/h3,5,10,14-16,19H,2,4,6-9H2,1H3;;/q;+1;-1/t14-,15-,16?,18-;;/m0../s1. The van der Waals surface area contributed by atoms with Gasteiger partial charge in [-0.1, -0.05) is 13.0 Å². The fourth-order valence-corrected chi connectivity index (χ4v) is 5.34. The molecule has 0 aliphatic heterocycles. The first-order valence-corrected chi connectivity index (χ1v) is 7.95. The largest absolute Gasteiger partial charge is 1.00 e. The van der Waals surface area contributed by atoms with Gasteiger partial charge in [-0.05, 0) is 73.1 Å². The van der Waals surface area contributed by atoms with Gasteiger partial charge in [-0.25, -0.2) is 0 Å². The van der Waals surface area contributed by atoms with Crippen molar-refractivity contribution in [1.82, 2.24) is 0 Å². The zero-order valence-corrected chi connectivity index (χ0v) is 16.2. The van der Waals surface area contributed by atoms with Gasteiger partial charge in [0.2, 0.25) is 0 Å². The number of hydrogen-bond acceptors (Lipinski definition) is 2. The third kappa shape index (κ3) is 2.40. The molecule has 0 saturated heterocycles. The summed E-state index contributed by atoms with van der Waals surface area (Å²) in [7, 11) is 0. The first-order valence-electron chi connectivity index (χ1n) is 7.95. The molecule has 2 nitrogen and oxygen atoms in total. The number of Topliss-reactive ketones (excluding diaryl/α,β-unsaturated/α-hetero) is 1. The molecule has 0 spiro atoms. The van der Waals surface area contributed by atoms with Crippen molar-refractivity contribution in [3.8, 4) is 5.75 Å². The molecule has 1 aromatic rings. The van der Waals surface area contributed by atoms with Gasteiger partial charge >= 0.3 is 51.4 Å². The molecule has 2 fully saturated rings. The third-order valence-electron chi connectivity index (χ3n) is 6.42. The SMILES string of the molecule is C[C@]12CC[C@H]3c4ccc(O)cc4CC[C@@H]3C1CCC2=O.[H-].[K+]. The second-order valence-electron chi connectivity index (χ2n) is 7.22. The summed E-state index contributed by atoms with van der Waals surface area (Å²) >= 11 is 0. The Hall–Kier alpha value is 0.326. The smallest absolute Gasteiger partial charge is 1.00 e. The molecule has 108 valence electrons. The average molecular weight is 310 g/mol. The van der Waals surface area contributed by atoms with Crippen molar-refractivity contribution in [2.75, 3.05) is 0 Å². The molecule has 21 heavy (non-hydrogen) atoms. The molecule has 3 aliphatic carbocycles. The van der Waals surface area contributed by atoms with E-state index in [0.29, 0.717) is 29.3 Å². The summed E-state index contributed by atoms with van der Waals surface area (Å²) in [5, 5.41) is 9.67. The van der Waals surface area contributed by atoms with E-state index in [9.17, 15) is 9.90 Å². The summed E-state index contributed by atoms with van der Waals surface area (Å²) in [4.78, 5) is 12.3. The number of phenols is 1. The van der Waals surface area contributed by atoms with Crippen molar-refractivity contribution >= 4 is 5.78 Å². The van der Waals surface area contributed by atoms with E-state index < -0.39 is 0 Å². The number of ketones is 1. The molecule has 1 aromatic carbocycles. The second kappa shape index (κ2) is 5.75. The minimum Gasteiger partial charge on any atom is -1.00 e. The predicted molar refractivity (Wildman–Crippen MR) is 78.8 cm³/mol. The number of hydrogen-bond donors (Lipinski definition) is 1. The van der Waals surface area contributed by atoms with Gasteiger partial charge in [0.25, 0.3) is 0 Å². The third-order valence-corrected chi connectivity index (χ3v) is 6.42. The molecular weight excluding hydrogens is 287 g/mol. The van der Waals surface area contributed by atoms with Crippen LogP contribution in [-0.2, 0) is 11.2 Å². The van der Waals surface area contributed by atoms with E-state index in [1.165, 1.54) is 17.5 Å². The van der Waals surface area contributed by atoms with Gasteiger partial charge in [-0.2, -0.15) is 0 Å². The van der Waals surface area contributed by atoms with Crippen LogP contribution in [-0.4, -0.2) is 10.9 Å². The van der Waals surface area contributed by atoms with E-state index >= 15 is 0 Å². The molecule has 0 aromatic heterocycles. The Balaban J connectivity index is 0.000000882. The van der Waals surface area contributed by atoms with Gasteiger partial charge < -0.3 is 6.53 Å².